The number of nitrogens with zero attached hydrogens (tertiary/aromatic N) is 3. The molecule has 0 saturated carbocycles. The van der Waals surface area contributed by atoms with Crippen LogP contribution >= 0.6 is 46.4 Å². The number of oxazole rings is 2. The monoisotopic (exact) mass is 695 g/mol. The van der Waals surface area contributed by atoms with Crippen molar-refractivity contribution < 1.29 is 28.6 Å². The fraction of sp³-hybridized carbons (Fsp3) is 0.152. The van der Waals surface area contributed by atoms with Gasteiger partial charge in [-0.2, -0.15) is 0 Å². The van der Waals surface area contributed by atoms with E-state index in [1.165, 1.54) is 12.1 Å². The minimum Gasteiger partial charge on any atom is -0.478 e. The third-order valence-electron chi connectivity index (χ3n) is 8.06. The summed E-state index contributed by atoms with van der Waals surface area (Å²) in [5.41, 5.74) is 3.87. The van der Waals surface area contributed by atoms with Gasteiger partial charge in [0.05, 0.1) is 11.1 Å². The van der Waals surface area contributed by atoms with Crippen LogP contribution in [0.15, 0.2) is 69.5 Å². The molecule has 2 N–H and O–H groups in total. The van der Waals surface area contributed by atoms with E-state index in [0.29, 0.717) is 66.5 Å². The quantitative estimate of drug-likeness (QED) is 0.175. The van der Waals surface area contributed by atoms with Crippen molar-refractivity contribution in [3.8, 4) is 22.9 Å². The van der Waals surface area contributed by atoms with Crippen LogP contribution in [0.1, 0.15) is 43.7 Å². The van der Waals surface area contributed by atoms with Crippen LogP contribution in [0, 0.1) is 0 Å². The first-order valence-electron chi connectivity index (χ1n) is 13.9. The molecule has 1 aliphatic heterocycles. The van der Waals surface area contributed by atoms with Crippen LogP contribution in [-0.2, 0) is 0 Å². The zero-order valence-electron chi connectivity index (χ0n) is 23.7. The van der Waals surface area contributed by atoms with Crippen molar-refractivity contribution in [2.45, 2.75) is 11.8 Å². The second-order valence-electron chi connectivity index (χ2n) is 11.2. The Morgan fingerprint density at radius 2 is 1.02 bits per heavy atom. The molecule has 0 aliphatic carbocycles. The molecule has 0 amide bonds. The minimum atomic E-state index is -1.13. The Morgan fingerprint density at radius 3 is 1.37 bits per heavy atom. The summed E-state index contributed by atoms with van der Waals surface area (Å²) >= 11 is 24.9. The average molecular weight is 697 g/mol. The predicted molar refractivity (Wildman–Crippen MR) is 176 cm³/mol. The Balaban J connectivity index is 1.42. The highest BCUT2D eigenvalue weighted by Crippen LogP contribution is 2.45. The van der Waals surface area contributed by atoms with E-state index in [4.69, 9.17) is 65.2 Å². The van der Waals surface area contributed by atoms with E-state index in [9.17, 15) is 19.8 Å². The van der Waals surface area contributed by atoms with Crippen molar-refractivity contribution in [3.05, 3.63) is 103 Å². The number of rotatable bonds is 6. The summed E-state index contributed by atoms with van der Waals surface area (Å²) < 4.78 is 12.2. The fourth-order valence-corrected chi connectivity index (χ4v) is 7.21. The molecule has 0 radical (unpaired) electrons. The maximum absolute atomic E-state index is 12.3. The summed E-state index contributed by atoms with van der Waals surface area (Å²) in [7, 11) is 1.94. The van der Waals surface area contributed by atoms with Crippen molar-refractivity contribution in [1.82, 2.24) is 14.9 Å². The Hall–Kier alpha value is -4.12. The van der Waals surface area contributed by atoms with Gasteiger partial charge < -0.3 is 23.9 Å². The standard InChI is InChI=1S/C33H21Cl4N3O6/c1-40-12-24(22-6-16(32(41)42)8-26-28(22)38-30(45-26)14-2-18(34)10-19(35)3-14)25(13-40)23-7-17(33(43)44)9-27-29(23)39-31(46-27)15-4-20(36)11-21(37)5-15/h2-11,24-25H,12-13H2,1H3,(H,41,42)(H,43,44)/t24-,25-/m0/s1. The topological polar surface area (TPSA) is 130 Å². The minimum absolute atomic E-state index is 0.0219. The summed E-state index contributed by atoms with van der Waals surface area (Å²) in [6, 6.07) is 15.9. The first-order valence-corrected chi connectivity index (χ1v) is 15.4. The van der Waals surface area contributed by atoms with Gasteiger partial charge in [-0.05, 0) is 78.8 Å². The van der Waals surface area contributed by atoms with Crippen molar-refractivity contribution in [3.63, 3.8) is 0 Å². The molecule has 4 aromatic carbocycles. The Kier molecular flexibility index (Phi) is 7.70. The zero-order chi connectivity index (χ0) is 32.4. The first-order chi connectivity index (χ1) is 21.9. The van der Waals surface area contributed by atoms with Crippen LogP contribution in [-0.4, -0.2) is 57.2 Å². The molecule has 1 saturated heterocycles. The van der Waals surface area contributed by atoms with Crippen LogP contribution in [0.4, 0.5) is 0 Å². The lowest BCUT2D eigenvalue weighted by atomic mass is 9.82. The molecular formula is C33H21Cl4N3O6. The van der Waals surface area contributed by atoms with E-state index < -0.39 is 11.9 Å². The summed E-state index contributed by atoms with van der Waals surface area (Å²) in [6.07, 6.45) is 0. The van der Waals surface area contributed by atoms with Gasteiger partial charge in [0.1, 0.15) is 11.0 Å². The molecule has 9 nitrogen and oxygen atoms in total. The summed E-state index contributed by atoms with van der Waals surface area (Å²) in [4.78, 5) is 36.2. The van der Waals surface area contributed by atoms with Gasteiger partial charge in [-0.25, -0.2) is 19.6 Å². The van der Waals surface area contributed by atoms with Crippen molar-refractivity contribution in [2.75, 3.05) is 20.1 Å². The molecular weight excluding hydrogens is 676 g/mol. The smallest absolute Gasteiger partial charge is 0.335 e. The number of benzene rings is 4. The molecule has 3 heterocycles. The van der Waals surface area contributed by atoms with Gasteiger partial charge in [0.2, 0.25) is 11.8 Å². The zero-order valence-corrected chi connectivity index (χ0v) is 26.7. The average Bonchev–Trinajstić information content (AvgIpc) is 3.71. The number of fused-ring (bicyclic) bond motifs is 2. The molecule has 2 atom stereocenters. The van der Waals surface area contributed by atoms with Crippen LogP contribution in [0.3, 0.4) is 0 Å². The third-order valence-corrected chi connectivity index (χ3v) is 8.94. The number of aromatic nitrogens is 2. The van der Waals surface area contributed by atoms with Gasteiger partial charge in [0.15, 0.2) is 11.2 Å². The molecule has 232 valence electrons. The summed E-state index contributed by atoms with van der Waals surface area (Å²) in [6.45, 7) is 1.03. The number of aromatic carboxylic acids is 2. The van der Waals surface area contributed by atoms with Gasteiger partial charge in [-0.15, -0.1) is 0 Å². The van der Waals surface area contributed by atoms with Gasteiger partial charge in [-0.3, -0.25) is 0 Å². The number of hydrogen-bond acceptors (Lipinski definition) is 7. The third kappa shape index (κ3) is 5.59. The molecule has 2 aromatic heterocycles. The maximum Gasteiger partial charge on any atom is 0.335 e. The number of carboxylic acids is 2. The fourth-order valence-electron chi connectivity index (χ4n) is 6.16. The van der Waals surface area contributed by atoms with E-state index in [1.54, 1.807) is 48.5 Å². The molecule has 0 bridgehead atoms. The number of carboxylic acid groups (broad SMARTS) is 2. The lowest BCUT2D eigenvalue weighted by Crippen LogP contribution is -2.13. The molecule has 6 aromatic rings. The van der Waals surface area contributed by atoms with E-state index in [-0.39, 0.29) is 45.9 Å². The van der Waals surface area contributed by atoms with Crippen LogP contribution < -0.4 is 0 Å². The largest absolute Gasteiger partial charge is 0.478 e. The molecule has 1 fully saturated rings. The van der Waals surface area contributed by atoms with E-state index in [1.807, 2.05) is 7.05 Å². The molecule has 46 heavy (non-hydrogen) atoms. The lowest BCUT2D eigenvalue weighted by molar-refractivity contribution is 0.0686. The van der Waals surface area contributed by atoms with Crippen LogP contribution in [0.25, 0.3) is 45.1 Å². The van der Waals surface area contributed by atoms with E-state index in [2.05, 4.69) is 4.90 Å². The Morgan fingerprint density at radius 1 is 0.652 bits per heavy atom. The maximum atomic E-state index is 12.3. The van der Waals surface area contributed by atoms with Crippen LogP contribution in [0.2, 0.25) is 20.1 Å². The van der Waals surface area contributed by atoms with Gasteiger partial charge >= 0.3 is 11.9 Å². The highest BCUT2D eigenvalue weighted by molar-refractivity contribution is 6.35. The molecule has 13 heteroatoms. The van der Waals surface area contributed by atoms with Crippen molar-refractivity contribution in [1.29, 1.82) is 0 Å². The Labute approximate surface area is 280 Å². The second kappa shape index (κ2) is 11.6. The number of likely N-dealkylation sites (N-methyl/N-ethyl adjacent to an activating group) is 1. The van der Waals surface area contributed by atoms with Gasteiger partial charge in [-0.1, -0.05) is 46.4 Å². The van der Waals surface area contributed by atoms with E-state index in [0.717, 1.165) is 0 Å². The molecule has 0 spiro atoms. The highest BCUT2D eigenvalue weighted by atomic mass is 35.5. The van der Waals surface area contributed by atoms with Crippen LogP contribution in [0.5, 0.6) is 0 Å². The summed E-state index contributed by atoms with van der Waals surface area (Å²) in [5, 5.41) is 21.6. The summed E-state index contributed by atoms with van der Waals surface area (Å²) in [5.74, 6) is -2.48. The predicted octanol–water partition coefficient (Wildman–Crippen LogP) is 9.13. The van der Waals surface area contributed by atoms with Crippen molar-refractivity contribution >= 4 is 80.5 Å². The number of halogens is 4. The normalized spacial score (nSPS) is 16.9. The van der Waals surface area contributed by atoms with Crippen molar-refractivity contribution in [2.24, 2.45) is 0 Å². The second-order valence-corrected chi connectivity index (χ2v) is 13.0. The highest BCUT2D eigenvalue weighted by Gasteiger charge is 2.38. The molecule has 7 rings (SSSR count). The number of hydrogen-bond donors (Lipinski definition) is 2. The SMILES string of the molecule is CN1C[C@@H](c2cc(C(=O)O)cc3oc(-c4cc(Cl)cc(Cl)c4)nc23)[C@H](c2cc(C(=O)O)cc3oc(-c4cc(Cl)cc(Cl)c4)nc23)C1. The van der Waals surface area contributed by atoms with Gasteiger partial charge in [0.25, 0.3) is 0 Å². The van der Waals surface area contributed by atoms with Gasteiger partial charge in [0, 0.05) is 56.1 Å². The number of likely N-dealkylation sites (tertiary alicyclic amines) is 1. The Bertz CT molecular complexity index is 2030. The lowest BCUT2D eigenvalue weighted by Gasteiger charge is -2.20. The molecule has 0 unspecified atom stereocenters. The first kappa shape index (κ1) is 30.5. The van der Waals surface area contributed by atoms with E-state index >= 15 is 0 Å². The number of carbonyl (C=O) groups is 2. The molecule has 1 aliphatic rings.